The van der Waals surface area contributed by atoms with E-state index in [1.54, 1.807) is 32.2 Å². The quantitative estimate of drug-likeness (QED) is 0.601. The third-order valence-corrected chi connectivity index (χ3v) is 6.13. The zero-order valence-electron chi connectivity index (χ0n) is 15.5. The van der Waals surface area contributed by atoms with E-state index in [-0.39, 0.29) is 24.1 Å². The molecule has 0 spiro atoms. The number of nitrogens with one attached hydrogen (secondary N) is 1. The summed E-state index contributed by atoms with van der Waals surface area (Å²) < 4.78 is 0. The molecule has 0 radical (unpaired) electrons. The molecule has 2 aromatic carbocycles. The van der Waals surface area contributed by atoms with Gasteiger partial charge < -0.3 is 10.2 Å². The second-order valence-corrected chi connectivity index (χ2v) is 8.37. The summed E-state index contributed by atoms with van der Waals surface area (Å²) in [7, 11) is 1.54. The van der Waals surface area contributed by atoms with Crippen molar-refractivity contribution in [1.82, 2.24) is 10.2 Å². The molecule has 2 rings (SSSR count). The van der Waals surface area contributed by atoms with Gasteiger partial charge in [0.25, 0.3) is 0 Å². The van der Waals surface area contributed by atoms with Crippen LogP contribution >= 0.6 is 46.6 Å². The van der Waals surface area contributed by atoms with Crippen LogP contribution in [0.25, 0.3) is 0 Å². The van der Waals surface area contributed by atoms with Crippen LogP contribution in [0.15, 0.2) is 42.5 Å². The second-order valence-electron chi connectivity index (χ2n) is 6.13. The van der Waals surface area contributed by atoms with E-state index in [0.717, 1.165) is 11.1 Å². The molecule has 0 saturated heterocycles. The van der Waals surface area contributed by atoms with Crippen molar-refractivity contribution in [3.63, 3.8) is 0 Å². The fourth-order valence-corrected chi connectivity index (χ4v) is 4.24. The zero-order valence-corrected chi connectivity index (χ0v) is 18.6. The van der Waals surface area contributed by atoms with Crippen molar-refractivity contribution < 1.29 is 9.59 Å². The van der Waals surface area contributed by atoms with Crippen LogP contribution in [-0.4, -0.2) is 35.6 Å². The second kappa shape index (κ2) is 11.0. The van der Waals surface area contributed by atoms with Crippen molar-refractivity contribution in [3.8, 4) is 0 Å². The van der Waals surface area contributed by atoms with E-state index >= 15 is 0 Å². The first-order chi connectivity index (χ1) is 13.3. The van der Waals surface area contributed by atoms with Crippen molar-refractivity contribution in [2.75, 3.05) is 12.8 Å². The highest BCUT2D eigenvalue weighted by Crippen LogP contribution is 2.25. The van der Waals surface area contributed by atoms with Crippen molar-refractivity contribution in [3.05, 3.63) is 68.7 Å². The predicted octanol–water partition coefficient (Wildman–Crippen LogP) is 5.04. The summed E-state index contributed by atoms with van der Waals surface area (Å²) in [6.45, 7) is 1.91. The van der Waals surface area contributed by atoms with Crippen LogP contribution in [0.5, 0.6) is 0 Å². The molecule has 28 heavy (non-hydrogen) atoms. The van der Waals surface area contributed by atoms with Gasteiger partial charge in [-0.05, 0) is 36.2 Å². The number of thioether (sulfide) groups is 1. The molecule has 0 saturated carbocycles. The van der Waals surface area contributed by atoms with E-state index in [1.165, 1.54) is 16.7 Å². The van der Waals surface area contributed by atoms with E-state index in [2.05, 4.69) is 5.32 Å². The molecule has 2 amide bonds. The van der Waals surface area contributed by atoms with Gasteiger partial charge in [0.2, 0.25) is 11.8 Å². The summed E-state index contributed by atoms with van der Waals surface area (Å²) in [4.78, 5) is 26.6. The third kappa shape index (κ3) is 6.31. The molecule has 150 valence electrons. The van der Waals surface area contributed by atoms with E-state index in [9.17, 15) is 9.59 Å². The molecular weight excluding hydrogens is 439 g/mol. The van der Waals surface area contributed by atoms with Crippen LogP contribution in [0, 0.1) is 0 Å². The van der Waals surface area contributed by atoms with E-state index in [1.807, 2.05) is 24.3 Å². The predicted molar refractivity (Wildman–Crippen MR) is 118 cm³/mol. The molecule has 0 fully saturated rings. The summed E-state index contributed by atoms with van der Waals surface area (Å²) in [6, 6.07) is 12.0. The maximum absolute atomic E-state index is 12.9. The lowest BCUT2D eigenvalue weighted by Gasteiger charge is -2.28. The van der Waals surface area contributed by atoms with Crippen molar-refractivity contribution >= 4 is 58.4 Å². The summed E-state index contributed by atoms with van der Waals surface area (Å²) >= 11 is 19.8. The largest absolute Gasteiger partial charge is 0.357 e. The minimum absolute atomic E-state index is 0.154. The van der Waals surface area contributed by atoms with E-state index in [4.69, 9.17) is 34.8 Å². The van der Waals surface area contributed by atoms with Gasteiger partial charge in [-0.25, -0.2) is 0 Å². The fourth-order valence-electron chi connectivity index (χ4n) is 2.57. The Morgan fingerprint density at radius 2 is 1.79 bits per heavy atom. The molecule has 2 aromatic rings. The smallest absolute Gasteiger partial charge is 0.242 e. The molecule has 0 aliphatic carbocycles. The summed E-state index contributed by atoms with van der Waals surface area (Å²) in [5.41, 5.74) is 1.69. The van der Waals surface area contributed by atoms with Crippen LogP contribution in [0.2, 0.25) is 15.1 Å². The minimum Gasteiger partial charge on any atom is -0.357 e. The highest BCUT2D eigenvalue weighted by atomic mass is 35.5. The Morgan fingerprint density at radius 1 is 1.07 bits per heavy atom. The van der Waals surface area contributed by atoms with Gasteiger partial charge in [0.05, 0.1) is 5.75 Å². The monoisotopic (exact) mass is 458 g/mol. The lowest BCUT2D eigenvalue weighted by atomic mass is 10.1. The maximum Gasteiger partial charge on any atom is 0.242 e. The molecule has 0 aromatic heterocycles. The molecule has 1 atom stereocenters. The van der Waals surface area contributed by atoms with Gasteiger partial charge >= 0.3 is 0 Å². The molecule has 8 heteroatoms. The van der Waals surface area contributed by atoms with Crippen molar-refractivity contribution in [2.24, 2.45) is 0 Å². The average molecular weight is 460 g/mol. The third-order valence-electron chi connectivity index (χ3n) is 4.21. The number of nitrogens with zero attached hydrogens (tertiary/aromatic N) is 1. The lowest BCUT2D eigenvalue weighted by molar-refractivity contribution is -0.138. The highest BCUT2D eigenvalue weighted by molar-refractivity contribution is 7.99. The average Bonchev–Trinajstić information content (AvgIpc) is 2.67. The number of carbonyl (C=O) groups excluding carboxylic acids is 2. The Labute approximate surface area is 184 Å². The first kappa shape index (κ1) is 22.9. The number of likely N-dealkylation sites (N-methyl/N-ethyl adjacent to an activating group) is 1. The Hall–Kier alpha value is -1.40. The van der Waals surface area contributed by atoms with Gasteiger partial charge in [0, 0.05) is 34.4 Å². The Kier molecular flexibility index (Phi) is 8.96. The highest BCUT2D eigenvalue weighted by Gasteiger charge is 2.26. The van der Waals surface area contributed by atoms with Crippen LogP contribution in [-0.2, 0) is 21.9 Å². The van der Waals surface area contributed by atoms with Gasteiger partial charge in [-0.15, -0.1) is 11.8 Å². The Morgan fingerprint density at radius 3 is 2.43 bits per heavy atom. The number of hydrogen-bond donors (Lipinski definition) is 1. The van der Waals surface area contributed by atoms with Crippen LogP contribution in [0.1, 0.15) is 18.1 Å². The molecule has 4 nitrogen and oxygen atoms in total. The maximum atomic E-state index is 12.9. The molecule has 0 bridgehead atoms. The standard InChI is InChI=1S/C20H21Cl3N2O2S/c1-13(20(27)24-2)25(10-14-7-8-16(21)9-18(14)23)19(26)12-28-11-15-5-3-4-6-17(15)22/h3-9,13H,10-12H2,1-2H3,(H,24,27)/t13-/m1/s1. The van der Waals surface area contributed by atoms with E-state index in [0.29, 0.717) is 20.8 Å². The summed E-state index contributed by atoms with van der Waals surface area (Å²) in [5.74, 6) is 0.432. The topological polar surface area (TPSA) is 49.4 Å². The molecule has 0 aliphatic heterocycles. The first-order valence-electron chi connectivity index (χ1n) is 8.59. The van der Waals surface area contributed by atoms with Crippen LogP contribution in [0.3, 0.4) is 0 Å². The molecule has 0 heterocycles. The first-order valence-corrected chi connectivity index (χ1v) is 10.9. The van der Waals surface area contributed by atoms with E-state index < -0.39 is 6.04 Å². The van der Waals surface area contributed by atoms with Crippen LogP contribution in [0.4, 0.5) is 0 Å². The molecule has 0 unspecified atom stereocenters. The molecule has 1 N–H and O–H groups in total. The molecular formula is C20H21Cl3N2O2S. The zero-order chi connectivity index (χ0) is 20.7. The normalized spacial score (nSPS) is 11.8. The SMILES string of the molecule is CNC(=O)[C@@H](C)N(Cc1ccc(Cl)cc1Cl)C(=O)CSCc1ccccc1Cl. The fraction of sp³-hybridized carbons (Fsp3) is 0.300. The number of benzene rings is 2. The number of amides is 2. The Balaban J connectivity index is 2.10. The number of halogens is 3. The molecule has 0 aliphatic rings. The van der Waals surface area contributed by atoms with Crippen molar-refractivity contribution in [2.45, 2.75) is 25.3 Å². The van der Waals surface area contributed by atoms with Gasteiger partial charge in [-0.2, -0.15) is 0 Å². The Bertz CT molecular complexity index is 848. The number of hydrogen-bond acceptors (Lipinski definition) is 3. The van der Waals surface area contributed by atoms with Gasteiger partial charge in [0.15, 0.2) is 0 Å². The van der Waals surface area contributed by atoms with Gasteiger partial charge in [-0.3, -0.25) is 9.59 Å². The van der Waals surface area contributed by atoms with Crippen molar-refractivity contribution in [1.29, 1.82) is 0 Å². The summed E-state index contributed by atoms with van der Waals surface area (Å²) in [6.07, 6.45) is 0. The number of rotatable bonds is 8. The number of carbonyl (C=O) groups is 2. The minimum atomic E-state index is -0.634. The van der Waals surface area contributed by atoms with Crippen LogP contribution < -0.4 is 5.32 Å². The van der Waals surface area contributed by atoms with Gasteiger partial charge in [-0.1, -0.05) is 59.1 Å². The summed E-state index contributed by atoms with van der Waals surface area (Å²) in [5, 5.41) is 4.23. The lowest BCUT2D eigenvalue weighted by Crippen LogP contribution is -2.47. The van der Waals surface area contributed by atoms with Gasteiger partial charge in [0.1, 0.15) is 6.04 Å².